The van der Waals surface area contributed by atoms with Crippen LogP contribution in [0.3, 0.4) is 0 Å². The summed E-state index contributed by atoms with van der Waals surface area (Å²) in [7, 11) is 0. The number of aromatic carboxylic acids is 1. The normalized spacial score (nSPS) is 8.82. The molecular formula is C6H6N2O2Y-2. The van der Waals surface area contributed by atoms with E-state index in [4.69, 9.17) is 5.11 Å². The summed E-state index contributed by atoms with van der Waals surface area (Å²) in [4.78, 5) is 10.2. The Kier molecular flexibility index (Phi) is 4.53. The van der Waals surface area contributed by atoms with Crippen molar-refractivity contribution in [2.75, 3.05) is 0 Å². The SMILES string of the molecule is [CH2-]Cn1[c-]cc(C(=O)O)n1.[Y]. The molecule has 0 aliphatic heterocycles. The van der Waals surface area contributed by atoms with Gasteiger partial charge in [0.2, 0.25) is 0 Å². The largest absolute Gasteiger partial charge is 0.490 e. The van der Waals surface area contributed by atoms with Gasteiger partial charge < -0.3 is 16.7 Å². The standard InChI is InChI=1S/C6H6N2O2.Y/c1-2-8-4-3-5(7-8)6(9)10;/h3H,1-2H2,(H,9,10);/q-2;. The molecule has 0 spiro atoms. The Morgan fingerprint density at radius 2 is 2.55 bits per heavy atom. The Bertz CT molecular complexity index is 246. The van der Waals surface area contributed by atoms with Gasteiger partial charge in [-0.3, -0.25) is 9.89 Å². The van der Waals surface area contributed by atoms with E-state index in [1.807, 2.05) is 0 Å². The number of hydrogen-bond donors (Lipinski definition) is 1. The van der Waals surface area contributed by atoms with Gasteiger partial charge in [0.25, 0.3) is 5.97 Å². The van der Waals surface area contributed by atoms with E-state index in [0.717, 1.165) is 0 Å². The van der Waals surface area contributed by atoms with Crippen LogP contribution in [0.25, 0.3) is 0 Å². The summed E-state index contributed by atoms with van der Waals surface area (Å²) in [5.41, 5.74) is 0.00338. The van der Waals surface area contributed by atoms with Crippen LogP contribution in [0, 0.1) is 13.1 Å². The average Bonchev–Trinajstić information content (AvgIpc) is 2.34. The second-order valence-corrected chi connectivity index (χ2v) is 1.69. The molecule has 5 heteroatoms. The zero-order valence-corrected chi connectivity index (χ0v) is 8.66. The van der Waals surface area contributed by atoms with E-state index in [0.29, 0.717) is 6.54 Å². The molecule has 1 rings (SSSR count). The minimum Gasteiger partial charge on any atom is -0.490 e. The van der Waals surface area contributed by atoms with Gasteiger partial charge in [-0.05, 0) is 0 Å². The summed E-state index contributed by atoms with van der Waals surface area (Å²) in [5, 5.41) is 12.0. The van der Waals surface area contributed by atoms with Gasteiger partial charge in [-0.1, -0.05) is 0 Å². The Labute approximate surface area is 89.5 Å². The molecule has 57 valence electrons. The van der Waals surface area contributed by atoms with Crippen LogP contribution in [0.15, 0.2) is 6.07 Å². The number of rotatable bonds is 2. The molecule has 1 aromatic heterocycles. The molecule has 0 atom stereocenters. The van der Waals surface area contributed by atoms with Gasteiger partial charge in [-0.15, -0.1) is 6.54 Å². The van der Waals surface area contributed by atoms with Crippen LogP contribution in [-0.4, -0.2) is 20.9 Å². The second-order valence-electron chi connectivity index (χ2n) is 1.69. The fourth-order valence-corrected chi connectivity index (χ4v) is 0.542. The molecule has 0 amide bonds. The zero-order valence-electron chi connectivity index (χ0n) is 5.82. The van der Waals surface area contributed by atoms with E-state index in [1.165, 1.54) is 10.7 Å². The van der Waals surface area contributed by atoms with Crippen molar-refractivity contribution in [1.29, 1.82) is 0 Å². The minimum absolute atomic E-state index is 0. The quantitative estimate of drug-likeness (QED) is 0.735. The Hall–Kier alpha value is -0.216. The van der Waals surface area contributed by atoms with E-state index in [9.17, 15) is 4.79 Å². The maximum absolute atomic E-state index is 10.2. The van der Waals surface area contributed by atoms with Crippen LogP contribution in [0.4, 0.5) is 0 Å². The molecule has 0 bridgehead atoms. The van der Waals surface area contributed by atoms with Crippen molar-refractivity contribution in [3.05, 3.63) is 24.9 Å². The molecular weight excluding hydrogens is 221 g/mol. The van der Waals surface area contributed by atoms with Crippen molar-refractivity contribution in [3.8, 4) is 0 Å². The molecule has 1 radical (unpaired) electrons. The molecule has 1 aromatic rings. The molecule has 0 saturated carbocycles. The maximum Gasteiger partial charge on any atom is 0.271 e. The first-order valence-electron chi connectivity index (χ1n) is 2.72. The van der Waals surface area contributed by atoms with Crippen molar-refractivity contribution < 1.29 is 42.6 Å². The van der Waals surface area contributed by atoms with E-state index in [1.54, 1.807) is 0 Å². The molecule has 0 saturated heterocycles. The molecule has 0 fully saturated rings. The van der Waals surface area contributed by atoms with E-state index in [2.05, 4.69) is 18.2 Å². The Morgan fingerprint density at radius 3 is 2.82 bits per heavy atom. The van der Waals surface area contributed by atoms with Crippen LogP contribution in [0.1, 0.15) is 10.5 Å². The topological polar surface area (TPSA) is 55.1 Å². The van der Waals surface area contributed by atoms with Crippen molar-refractivity contribution in [1.82, 2.24) is 9.78 Å². The molecule has 0 aliphatic rings. The number of carboxylic acid groups (broad SMARTS) is 1. The summed E-state index contributed by atoms with van der Waals surface area (Å²) in [6, 6.07) is 1.31. The van der Waals surface area contributed by atoms with Gasteiger partial charge in [-0.2, -0.15) is 12.3 Å². The monoisotopic (exact) mass is 227 g/mol. The van der Waals surface area contributed by atoms with Crippen LogP contribution in [0.2, 0.25) is 0 Å². The van der Waals surface area contributed by atoms with Gasteiger partial charge in [-0.25, -0.2) is 0 Å². The number of carbonyl (C=O) groups is 1. The average molecular weight is 227 g/mol. The molecule has 0 aromatic carbocycles. The summed E-state index contributed by atoms with van der Waals surface area (Å²) in [5.74, 6) is -1.04. The van der Waals surface area contributed by atoms with Crippen LogP contribution < -0.4 is 0 Å². The first-order valence-corrected chi connectivity index (χ1v) is 2.72. The van der Waals surface area contributed by atoms with Crippen molar-refractivity contribution in [3.63, 3.8) is 0 Å². The number of nitrogens with zero attached hydrogens (tertiary/aromatic N) is 2. The zero-order chi connectivity index (χ0) is 7.56. The van der Waals surface area contributed by atoms with Gasteiger partial charge in [0.15, 0.2) is 0 Å². The van der Waals surface area contributed by atoms with Crippen LogP contribution in [-0.2, 0) is 39.3 Å². The van der Waals surface area contributed by atoms with Gasteiger partial charge in [0, 0.05) is 38.4 Å². The smallest absolute Gasteiger partial charge is 0.271 e. The van der Waals surface area contributed by atoms with Crippen LogP contribution in [0.5, 0.6) is 0 Å². The third-order valence-corrected chi connectivity index (χ3v) is 1.01. The predicted molar refractivity (Wildman–Crippen MR) is 33.4 cm³/mol. The summed E-state index contributed by atoms with van der Waals surface area (Å²) < 4.78 is 1.34. The number of hydrogen-bond acceptors (Lipinski definition) is 2. The number of carboxylic acids is 1. The molecule has 11 heavy (non-hydrogen) atoms. The second kappa shape index (κ2) is 4.62. The van der Waals surface area contributed by atoms with Gasteiger partial charge in [0.05, 0.1) is 0 Å². The van der Waals surface area contributed by atoms with E-state index < -0.39 is 5.97 Å². The van der Waals surface area contributed by atoms with Crippen molar-refractivity contribution >= 4 is 5.97 Å². The molecule has 0 unspecified atom stereocenters. The predicted octanol–water partition coefficient (Wildman–Crippen LogP) is 0.213. The number of aromatic nitrogens is 2. The fourth-order valence-electron chi connectivity index (χ4n) is 0.542. The Morgan fingerprint density at radius 1 is 1.91 bits per heavy atom. The van der Waals surface area contributed by atoms with Crippen molar-refractivity contribution in [2.45, 2.75) is 6.54 Å². The fraction of sp³-hybridized carbons (Fsp3) is 0.167. The maximum atomic E-state index is 10.2. The molecule has 1 heterocycles. The van der Waals surface area contributed by atoms with Gasteiger partial charge >= 0.3 is 0 Å². The third-order valence-electron chi connectivity index (χ3n) is 1.01. The molecule has 1 N–H and O–H groups in total. The summed E-state index contributed by atoms with van der Waals surface area (Å²) >= 11 is 0. The minimum atomic E-state index is -1.04. The summed E-state index contributed by atoms with van der Waals surface area (Å²) in [6.07, 6.45) is 2.60. The van der Waals surface area contributed by atoms with E-state index in [-0.39, 0.29) is 38.4 Å². The third kappa shape index (κ3) is 2.71. The molecule has 4 nitrogen and oxygen atoms in total. The van der Waals surface area contributed by atoms with Gasteiger partial charge in [0.1, 0.15) is 0 Å². The Balaban J connectivity index is 0.000001000. The van der Waals surface area contributed by atoms with Crippen LogP contribution >= 0.6 is 0 Å². The van der Waals surface area contributed by atoms with E-state index >= 15 is 0 Å². The first-order chi connectivity index (χ1) is 4.74. The molecule has 0 aliphatic carbocycles. The van der Waals surface area contributed by atoms with Crippen molar-refractivity contribution in [2.24, 2.45) is 0 Å². The summed E-state index contributed by atoms with van der Waals surface area (Å²) in [6.45, 7) is 3.90. The first kappa shape index (κ1) is 10.8.